The van der Waals surface area contributed by atoms with E-state index in [1.807, 2.05) is 6.07 Å². The second-order valence-electron chi connectivity index (χ2n) is 5.33. The van der Waals surface area contributed by atoms with Crippen molar-refractivity contribution in [2.24, 2.45) is 0 Å². The molecule has 1 amide bonds. The molecule has 0 aliphatic rings. The van der Waals surface area contributed by atoms with E-state index in [9.17, 15) is 9.59 Å². The first-order valence-corrected chi connectivity index (χ1v) is 8.88. The van der Waals surface area contributed by atoms with Crippen molar-refractivity contribution in [1.29, 1.82) is 0 Å². The van der Waals surface area contributed by atoms with E-state index in [0.717, 1.165) is 4.47 Å². The minimum atomic E-state index is -0.236. The molecule has 2 aromatic carbocycles. The number of benzene rings is 2. The minimum Gasteiger partial charge on any atom is -0.326 e. The van der Waals surface area contributed by atoms with Gasteiger partial charge in [-0.25, -0.2) is 4.98 Å². The Labute approximate surface area is 161 Å². The molecule has 0 bridgehead atoms. The first-order valence-electron chi connectivity index (χ1n) is 7.33. The van der Waals surface area contributed by atoms with E-state index in [2.05, 4.69) is 26.2 Å². The van der Waals surface area contributed by atoms with Gasteiger partial charge in [-0.05, 0) is 36.4 Å². The van der Waals surface area contributed by atoms with Crippen molar-refractivity contribution in [2.75, 3.05) is 5.32 Å². The summed E-state index contributed by atoms with van der Waals surface area (Å²) in [5, 5.41) is 4.00. The molecule has 0 aliphatic carbocycles. The third kappa shape index (κ3) is 4.21. The number of hydrogen-bond acceptors (Lipinski definition) is 3. The van der Waals surface area contributed by atoms with E-state index >= 15 is 0 Å². The SMILES string of the molecule is O=C(CCn1cnc2ccc(Br)cc2c1=O)Nc1ccc(Cl)c(Cl)c1. The van der Waals surface area contributed by atoms with Crippen LogP contribution >= 0.6 is 39.1 Å². The topological polar surface area (TPSA) is 64.0 Å². The summed E-state index contributed by atoms with van der Waals surface area (Å²) < 4.78 is 2.22. The lowest BCUT2D eigenvalue weighted by Crippen LogP contribution is -2.23. The summed E-state index contributed by atoms with van der Waals surface area (Å²) >= 11 is 15.1. The Hall–Kier alpha value is -1.89. The molecule has 0 radical (unpaired) electrons. The van der Waals surface area contributed by atoms with Gasteiger partial charge < -0.3 is 5.32 Å². The lowest BCUT2D eigenvalue weighted by atomic mass is 10.2. The molecule has 1 N–H and O–H groups in total. The molecule has 0 saturated carbocycles. The quantitative estimate of drug-likeness (QED) is 0.649. The van der Waals surface area contributed by atoms with Gasteiger partial charge in [0.2, 0.25) is 5.91 Å². The van der Waals surface area contributed by atoms with Gasteiger partial charge in [-0.2, -0.15) is 0 Å². The molecule has 0 atom stereocenters. The summed E-state index contributed by atoms with van der Waals surface area (Å²) in [5.41, 5.74) is 0.977. The molecule has 25 heavy (non-hydrogen) atoms. The lowest BCUT2D eigenvalue weighted by Gasteiger charge is -2.08. The molecule has 3 rings (SSSR count). The van der Waals surface area contributed by atoms with Crippen molar-refractivity contribution < 1.29 is 4.79 Å². The van der Waals surface area contributed by atoms with Gasteiger partial charge in [0, 0.05) is 23.1 Å². The van der Waals surface area contributed by atoms with Crippen molar-refractivity contribution in [3.8, 4) is 0 Å². The third-order valence-electron chi connectivity index (χ3n) is 3.57. The third-order valence-corrected chi connectivity index (χ3v) is 4.80. The monoisotopic (exact) mass is 439 g/mol. The van der Waals surface area contributed by atoms with Gasteiger partial charge in [0.25, 0.3) is 5.56 Å². The van der Waals surface area contributed by atoms with Crippen LogP contribution in [0.5, 0.6) is 0 Å². The first-order chi connectivity index (χ1) is 11.9. The van der Waals surface area contributed by atoms with E-state index in [-0.39, 0.29) is 24.4 Å². The highest BCUT2D eigenvalue weighted by Crippen LogP contribution is 2.25. The number of aryl methyl sites for hydroxylation is 1. The number of carbonyl (C=O) groups is 1. The van der Waals surface area contributed by atoms with Gasteiger partial charge >= 0.3 is 0 Å². The zero-order valence-electron chi connectivity index (χ0n) is 12.8. The molecule has 0 saturated heterocycles. The standard InChI is InChI=1S/C17H12BrCl2N3O2/c18-10-1-4-15-12(7-10)17(25)23(9-21-15)6-5-16(24)22-11-2-3-13(19)14(20)8-11/h1-4,7-9H,5-6H2,(H,22,24). The van der Waals surface area contributed by atoms with Crippen LogP contribution in [0.3, 0.4) is 0 Å². The predicted molar refractivity (Wildman–Crippen MR) is 103 cm³/mol. The van der Waals surface area contributed by atoms with E-state index in [1.54, 1.807) is 30.3 Å². The average molecular weight is 441 g/mol. The van der Waals surface area contributed by atoms with Crippen LogP contribution in [-0.2, 0) is 11.3 Å². The van der Waals surface area contributed by atoms with Crippen molar-refractivity contribution in [3.63, 3.8) is 0 Å². The fourth-order valence-corrected chi connectivity index (χ4v) is 2.97. The van der Waals surface area contributed by atoms with Crippen LogP contribution in [0.4, 0.5) is 5.69 Å². The van der Waals surface area contributed by atoms with Gasteiger partial charge in [0.15, 0.2) is 0 Å². The van der Waals surface area contributed by atoms with Crippen molar-refractivity contribution in [1.82, 2.24) is 9.55 Å². The molecule has 3 aromatic rings. The normalized spacial score (nSPS) is 10.8. The molecule has 1 heterocycles. The summed E-state index contributed by atoms with van der Waals surface area (Å²) in [6, 6.07) is 10.1. The number of hydrogen-bond donors (Lipinski definition) is 1. The summed E-state index contributed by atoms with van der Waals surface area (Å²) in [6.45, 7) is 0.224. The Morgan fingerprint density at radius 3 is 2.72 bits per heavy atom. The van der Waals surface area contributed by atoms with Gasteiger partial charge in [-0.1, -0.05) is 39.1 Å². The number of anilines is 1. The Bertz CT molecular complexity index is 1020. The zero-order chi connectivity index (χ0) is 18.0. The van der Waals surface area contributed by atoms with E-state index in [1.165, 1.54) is 10.9 Å². The largest absolute Gasteiger partial charge is 0.326 e. The Balaban J connectivity index is 1.71. The number of halogens is 3. The fourth-order valence-electron chi connectivity index (χ4n) is 2.31. The Morgan fingerprint density at radius 2 is 1.96 bits per heavy atom. The van der Waals surface area contributed by atoms with Crippen molar-refractivity contribution in [3.05, 3.63) is 67.6 Å². The highest BCUT2D eigenvalue weighted by Gasteiger charge is 2.08. The molecule has 1 aromatic heterocycles. The second kappa shape index (κ2) is 7.56. The van der Waals surface area contributed by atoms with Crippen LogP contribution in [-0.4, -0.2) is 15.5 Å². The number of amides is 1. The van der Waals surface area contributed by atoms with Gasteiger partial charge in [-0.3, -0.25) is 14.2 Å². The number of rotatable bonds is 4. The highest BCUT2D eigenvalue weighted by atomic mass is 79.9. The number of aromatic nitrogens is 2. The molecule has 128 valence electrons. The maximum atomic E-state index is 12.5. The maximum absolute atomic E-state index is 12.5. The van der Waals surface area contributed by atoms with Crippen LogP contribution in [0.1, 0.15) is 6.42 Å². The summed E-state index contributed by atoms with van der Waals surface area (Å²) in [7, 11) is 0. The second-order valence-corrected chi connectivity index (χ2v) is 7.06. The molecule has 0 fully saturated rings. The van der Waals surface area contributed by atoms with E-state index < -0.39 is 0 Å². The molecule has 5 nitrogen and oxygen atoms in total. The van der Waals surface area contributed by atoms with Gasteiger partial charge in [0.1, 0.15) is 0 Å². The average Bonchev–Trinajstić information content (AvgIpc) is 2.58. The summed E-state index contributed by atoms with van der Waals surface area (Å²) in [6.07, 6.45) is 1.58. The van der Waals surface area contributed by atoms with E-state index in [4.69, 9.17) is 23.2 Å². The molecular weight excluding hydrogens is 429 g/mol. The van der Waals surface area contributed by atoms with Gasteiger partial charge in [-0.15, -0.1) is 0 Å². The predicted octanol–water partition coefficient (Wildman–Crippen LogP) is 4.49. The number of fused-ring (bicyclic) bond motifs is 1. The first kappa shape index (κ1) is 17.9. The number of carbonyl (C=O) groups excluding carboxylic acids is 1. The van der Waals surface area contributed by atoms with Crippen molar-refractivity contribution in [2.45, 2.75) is 13.0 Å². The number of nitrogens with one attached hydrogen (secondary N) is 1. The van der Waals surface area contributed by atoms with Gasteiger partial charge in [0.05, 0.1) is 27.3 Å². The van der Waals surface area contributed by atoms with E-state index in [0.29, 0.717) is 26.6 Å². The van der Waals surface area contributed by atoms with Crippen LogP contribution in [0.2, 0.25) is 10.0 Å². The maximum Gasteiger partial charge on any atom is 0.261 e. The minimum absolute atomic E-state index is 0.126. The summed E-state index contributed by atoms with van der Waals surface area (Å²) in [4.78, 5) is 28.8. The summed E-state index contributed by atoms with van der Waals surface area (Å²) in [5.74, 6) is -0.236. The Morgan fingerprint density at radius 1 is 1.16 bits per heavy atom. The van der Waals surface area contributed by atoms with Crippen LogP contribution < -0.4 is 10.9 Å². The molecule has 8 heteroatoms. The molecule has 0 unspecified atom stereocenters. The fraction of sp³-hybridized carbons (Fsp3) is 0.118. The lowest BCUT2D eigenvalue weighted by molar-refractivity contribution is -0.116. The Kier molecular flexibility index (Phi) is 5.42. The highest BCUT2D eigenvalue weighted by molar-refractivity contribution is 9.10. The van der Waals surface area contributed by atoms with Crippen LogP contribution in [0.15, 0.2) is 52.0 Å². The van der Waals surface area contributed by atoms with Crippen molar-refractivity contribution >= 4 is 61.6 Å². The molecule has 0 spiro atoms. The van der Waals surface area contributed by atoms with Crippen LogP contribution in [0, 0.1) is 0 Å². The van der Waals surface area contributed by atoms with Crippen LogP contribution in [0.25, 0.3) is 10.9 Å². The molecular formula is C17H12BrCl2N3O2. The zero-order valence-corrected chi connectivity index (χ0v) is 15.9. The smallest absolute Gasteiger partial charge is 0.261 e. The number of nitrogens with zero attached hydrogens (tertiary/aromatic N) is 2. The molecule has 0 aliphatic heterocycles.